The zero-order valence-corrected chi connectivity index (χ0v) is 18.6. The predicted molar refractivity (Wildman–Crippen MR) is 119 cm³/mol. The third-order valence-electron chi connectivity index (χ3n) is 4.58. The molecule has 2 heterocycles. The Hall–Kier alpha value is -2.62. The molecule has 3 rings (SSSR count). The Balaban J connectivity index is 1.88. The average molecular weight is 450 g/mol. The largest absolute Gasteiger partial charge is 0.301 e. The van der Waals surface area contributed by atoms with Gasteiger partial charge in [-0.15, -0.1) is 0 Å². The zero-order valence-electron chi connectivity index (χ0n) is 17.0. The standard InChI is InChI=1S/C20H24ClN5O3S/c1-4-5-11-22-30(28,29)24-19(27)9-7-17-14(2)23-25(3)20(17)26-12-10-15-13-16(21)6-8-18(15)26/h6-10,12-13,22H,4-5,11H2,1-3H3,(H,24,27)/b9-7+. The second-order valence-electron chi connectivity index (χ2n) is 6.89. The van der Waals surface area contributed by atoms with Crippen LogP contribution < -0.4 is 9.44 Å². The Morgan fingerprint density at radius 3 is 2.80 bits per heavy atom. The molecule has 0 saturated heterocycles. The molecule has 160 valence electrons. The van der Waals surface area contributed by atoms with Crippen molar-refractivity contribution < 1.29 is 13.2 Å². The van der Waals surface area contributed by atoms with E-state index in [2.05, 4.69) is 9.82 Å². The summed E-state index contributed by atoms with van der Waals surface area (Å²) in [4.78, 5) is 12.2. The van der Waals surface area contributed by atoms with Gasteiger partial charge in [0.25, 0.3) is 5.91 Å². The third kappa shape index (κ3) is 4.92. The first kappa shape index (κ1) is 22.1. The van der Waals surface area contributed by atoms with Crippen molar-refractivity contribution in [2.24, 2.45) is 7.05 Å². The summed E-state index contributed by atoms with van der Waals surface area (Å²) in [6.07, 6.45) is 6.20. The van der Waals surface area contributed by atoms with Gasteiger partial charge in [0.1, 0.15) is 5.82 Å². The van der Waals surface area contributed by atoms with Gasteiger partial charge >= 0.3 is 10.2 Å². The first-order chi connectivity index (χ1) is 14.2. The van der Waals surface area contributed by atoms with Crippen molar-refractivity contribution in [3.63, 3.8) is 0 Å². The minimum atomic E-state index is -3.89. The number of nitrogens with one attached hydrogen (secondary N) is 2. The number of aryl methyl sites for hydroxylation is 2. The van der Waals surface area contributed by atoms with E-state index < -0.39 is 16.1 Å². The van der Waals surface area contributed by atoms with E-state index in [9.17, 15) is 13.2 Å². The summed E-state index contributed by atoms with van der Waals surface area (Å²) in [7, 11) is -2.08. The smallest absolute Gasteiger partial charge is 0.301 e. The van der Waals surface area contributed by atoms with Crippen LogP contribution in [-0.2, 0) is 22.1 Å². The number of halogens is 1. The second kappa shape index (κ2) is 9.03. The van der Waals surface area contributed by atoms with Crippen molar-refractivity contribution in [3.05, 3.63) is 52.8 Å². The number of nitrogens with zero attached hydrogens (tertiary/aromatic N) is 3. The highest BCUT2D eigenvalue weighted by molar-refractivity contribution is 7.88. The summed E-state index contributed by atoms with van der Waals surface area (Å²) in [6, 6.07) is 7.53. The number of amides is 1. The molecular weight excluding hydrogens is 426 g/mol. The van der Waals surface area contributed by atoms with Gasteiger partial charge in [-0.2, -0.15) is 18.2 Å². The molecule has 0 aliphatic heterocycles. The number of benzene rings is 1. The van der Waals surface area contributed by atoms with Gasteiger partial charge in [-0.1, -0.05) is 24.9 Å². The highest BCUT2D eigenvalue weighted by atomic mass is 35.5. The van der Waals surface area contributed by atoms with Crippen LogP contribution in [0.15, 0.2) is 36.5 Å². The number of aromatic nitrogens is 3. The molecule has 0 aliphatic carbocycles. The first-order valence-electron chi connectivity index (χ1n) is 9.52. The van der Waals surface area contributed by atoms with Crippen LogP contribution in [0.4, 0.5) is 0 Å². The fraction of sp³-hybridized carbons (Fsp3) is 0.300. The van der Waals surface area contributed by atoms with Gasteiger partial charge in [0.15, 0.2) is 0 Å². The van der Waals surface area contributed by atoms with Crippen LogP contribution in [0.3, 0.4) is 0 Å². The molecule has 0 radical (unpaired) electrons. The van der Waals surface area contributed by atoms with E-state index in [-0.39, 0.29) is 6.54 Å². The van der Waals surface area contributed by atoms with E-state index in [1.165, 1.54) is 6.08 Å². The molecule has 10 heteroatoms. The Morgan fingerprint density at radius 1 is 1.30 bits per heavy atom. The van der Waals surface area contributed by atoms with E-state index in [0.717, 1.165) is 23.1 Å². The topological polar surface area (TPSA) is 98.0 Å². The number of hydrogen-bond acceptors (Lipinski definition) is 4. The zero-order chi connectivity index (χ0) is 21.9. The molecule has 0 saturated carbocycles. The van der Waals surface area contributed by atoms with Gasteiger partial charge in [0.05, 0.1) is 11.2 Å². The maximum atomic E-state index is 12.2. The molecule has 3 aromatic rings. The van der Waals surface area contributed by atoms with Crippen LogP contribution in [0.5, 0.6) is 0 Å². The molecular formula is C20H24ClN5O3S. The monoisotopic (exact) mass is 449 g/mol. The van der Waals surface area contributed by atoms with E-state index in [0.29, 0.717) is 22.7 Å². The van der Waals surface area contributed by atoms with Crippen LogP contribution in [0.25, 0.3) is 22.8 Å². The lowest BCUT2D eigenvalue weighted by Gasteiger charge is -2.08. The lowest BCUT2D eigenvalue weighted by molar-refractivity contribution is -0.114. The van der Waals surface area contributed by atoms with Crippen molar-refractivity contribution in [2.45, 2.75) is 26.7 Å². The molecule has 30 heavy (non-hydrogen) atoms. The van der Waals surface area contributed by atoms with Crippen molar-refractivity contribution in [3.8, 4) is 5.82 Å². The molecule has 2 aromatic heterocycles. The first-order valence-corrected chi connectivity index (χ1v) is 11.4. The summed E-state index contributed by atoms with van der Waals surface area (Å²) in [5.41, 5.74) is 2.34. The quantitative estimate of drug-likeness (QED) is 0.408. The molecule has 1 aromatic carbocycles. The van der Waals surface area contributed by atoms with E-state index in [1.54, 1.807) is 10.8 Å². The highest BCUT2D eigenvalue weighted by Gasteiger charge is 2.16. The predicted octanol–water partition coefficient (Wildman–Crippen LogP) is 3.09. The summed E-state index contributed by atoms with van der Waals surface area (Å²) in [5, 5.41) is 6.07. The Kier molecular flexibility index (Phi) is 6.64. The number of fused-ring (bicyclic) bond motifs is 1. The molecule has 0 aliphatic rings. The van der Waals surface area contributed by atoms with Gasteiger partial charge in [-0.05, 0) is 43.7 Å². The van der Waals surface area contributed by atoms with E-state index >= 15 is 0 Å². The highest BCUT2D eigenvalue weighted by Crippen LogP contribution is 2.27. The van der Waals surface area contributed by atoms with Crippen LogP contribution in [0.1, 0.15) is 31.0 Å². The molecule has 0 bridgehead atoms. The van der Waals surface area contributed by atoms with Crippen molar-refractivity contribution in [1.82, 2.24) is 23.8 Å². The summed E-state index contributed by atoms with van der Waals surface area (Å²) in [6.45, 7) is 4.05. The Morgan fingerprint density at radius 2 is 2.07 bits per heavy atom. The lowest BCUT2D eigenvalue weighted by atomic mass is 10.2. The van der Waals surface area contributed by atoms with Crippen LogP contribution in [0, 0.1) is 6.92 Å². The molecule has 0 unspecified atom stereocenters. The lowest BCUT2D eigenvalue weighted by Crippen LogP contribution is -2.39. The minimum absolute atomic E-state index is 0.277. The number of unbranched alkanes of at least 4 members (excludes halogenated alkanes) is 1. The number of rotatable bonds is 8. The van der Waals surface area contributed by atoms with Crippen molar-refractivity contribution in [2.75, 3.05) is 6.54 Å². The molecule has 8 nitrogen and oxygen atoms in total. The number of hydrogen-bond donors (Lipinski definition) is 2. The fourth-order valence-electron chi connectivity index (χ4n) is 3.19. The summed E-state index contributed by atoms with van der Waals surface area (Å²) < 4.78 is 31.8. The van der Waals surface area contributed by atoms with Gasteiger partial charge in [0.2, 0.25) is 0 Å². The van der Waals surface area contributed by atoms with Gasteiger partial charge in [-0.3, -0.25) is 9.48 Å². The van der Waals surface area contributed by atoms with Crippen molar-refractivity contribution >= 4 is 44.7 Å². The fourth-order valence-corrected chi connectivity index (χ4v) is 4.18. The average Bonchev–Trinajstić information content (AvgIpc) is 3.18. The van der Waals surface area contributed by atoms with Crippen LogP contribution >= 0.6 is 11.6 Å². The van der Waals surface area contributed by atoms with Crippen LogP contribution in [-0.4, -0.2) is 35.2 Å². The number of carbonyl (C=O) groups excluding carboxylic acids is 1. The molecule has 0 atom stereocenters. The Labute approximate surface area is 180 Å². The molecule has 1 amide bonds. The van der Waals surface area contributed by atoms with E-state index in [4.69, 9.17) is 11.6 Å². The van der Waals surface area contributed by atoms with Gasteiger partial charge in [-0.25, -0.2) is 4.72 Å². The maximum Gasteiger partial charge on any atom is 0.301 e. The number of carbonyl (C=O) groups is 1. The SMILES string of the molecule is CCCCNS(=O)(=O)NC(=O)/C=C/c1c(C)nn(C)c1-n1ccc2cc(Cl)ccc21. The second-order valence-corrected chi connectivity index (χ2v) is 8.82. The van der Waals surface area contributed by atoms with Gasteiger partial charge in [0, 0.05) is 41.8 Å². The Bertz CT molecular complexity index is 1210. The van der Waals surface area contributed by atoms with E-state index in [1.807, 2.05) is 60.6 Å². The molecule has 0 fully saturated rings. The van der Waals surface area contributed by atoms with Crippen molar-refractivity contribution in [1.29, 1.82) is 0 Å². The van der Waals surface area contributed by atoms with Gasteiger partial charge < -0.3 is 4.57 Å². The van der Waals surface area contributed by atoms with Crippen LogP contribution in [0.2, 0.25) is 5.02 Å². The molecule has 2 N–H and O–H groups in total. The third-order valence-corrected chi connectivity index (χ3v) is 5.87. The minimum Gasteiger partial charge on any atom is -0.301 e. The molecule has 0 spiro atoms. The summed E-state index contributed by atoms with van der Waals surface area (Å²) >= 11 is 6.08. The normalized spacial score (nSPS) is 12.1. The summed E-state index contributed by atoms with van der Waals surface area (Å²) in [5.74, 6) is 0.00940. The maximum absolute atomic E-state index is 12.2.